The van der Waals surface area contributed by atoms with Gasteiger partial charge in [0.25, 0.3) is 0 Å². The van der Waals surface area contributed by atoms with Crippen LogP contribution < -0.4 is 0 Å². The van der Waals surface area contributed by atoms with E-state index in [0.717, 1.165) is 0 Å². The minimum atomic E-state index is -1.37. The maximum atomic E-state index is 12.4. The number of rotatable bonds is 8. The third kappa shape index (κ3) is 5.75. The van der Waals surface area contributed by atoms with Crippen LogP contribution in [0.1, 0.15) is 52.7 Å². The van der Waals surface area contributed by atoms with Gasteiger partial charge in [-0.2, -0.15) is 0 Å². The molecule has 0 aliphatic heterocycles. The average Bonchev–Trinajstić information content (AvgIpc) is 2.73. The van der Waals surface area contributed by atoms with E-state index in [-0.39, 0.29) is 11.8 Å². The molecule has 0 saturated carbocycles. The van der Waals surface area contributed by atoms with Crippen LogP contribution in [0.25, 0.3) is 0 Å². The molecule has 2 rings (SSSR count). The fourth-order valence-corrected chi connectivity index (χ4v) is 2.59. The molecule has 0 aliphatic carbocycles. The van der Waals surface area contributed by atoms with Crippen LogP contribution >= 0.6 is 0 Å². The van der Waals surface area contributed by atoms with Crippen molar-refractivity contribution in [3.63, 3.8) is 0 Å². The lowest BCUT2D eigenvalue weighted by atomic mass is 10.0. The number of benzene rings is 2. The first-order valence-corrected chi connectivity index (χ1v) is 10.1. The van der Waals surface area contributed by atoms with Crippen LogP contribution in [0.5, 0.6) is 0 Å². The van der Waals surface area contributed by atoms with Crippen LogP contribution in [0.4, 0.5) is 0 Å². The number of hydrogen-bond donors (Lipinski definition) is 0. The topological polar surface area (TPSA) is 77.3 Å². The summed E-state index contributed by atoms with van der Waals surface area (Å²) < 4.78 is 11.5. The Balaban J connectivity index is 2.51. The van der Waals surface area contributed by atoms with Crippen LogP contribution in [0.3, 0.4) is 0 Å². The molecule has 2 unspecified atom stereocenters. The van der Waals surface area contributed by atoms with Gasteiger partial charge in [0, 0.05) is 25.0 Å². The largest absolute Gasteiger partial charge is 0.431 e. The molecule has 0 spiro atoms. The number of azo groups is 1. The van der Waals surface area contributed by atoms with Gasteiger partial charge in [-0.3, -0.25) is 9.59 Å². The van der Waals surface area contributed by atoms with Crippen molar-refractivity contribution in [2.75, 3.05) is 0 Å². The van der Waals surface area contributed by atoms with Gasteiger partial charge in [-0.15, -0.1) is 10.2 Å². The second-order valence-corrected chi connectivity index (χ2v) is 8.05. The smallest absolute Gasteiger partial charge is 0.310 e. The Morgan fingerprint density at radius 3 is 1.23 bits per heavy atom. The summed E-state index contributed by atoms with van der Waals surface area (Å²) in [5.41, 5.74) is -1.42. The van der Waals surface area contributed by atoms with Gasteiger partial charge in [0.05, 0.1) is 11.8 Å². The van der Waals surface area contributed by atoms with Crippen molar-refractivity contribution in [2.45, 2.75) is 53.0 Å². The zero-order valence-corrected chi connectivity index (χ0v) is 18.5. The van der Waals surface area contributed by atoms with Gasteiger partial charge in [-0.1, -0.05) is 88.4 Å². The van der Waals surface area contributed by atoms with E-state index in [1.165, 1.54) is 0 Å². The molecule has 0 fully saturated rings. The maximum absolute atomic E-state index is 12.4. The van der Waals surface area contributed by atoms with E-state index in [1.807, 2.05) is 60.7 Å². The number of carbonyl (C=O) groups is 2. The summed E-state index contributed by atoms with van der Waals surface area (Å²) in [5, 5.41) is 8.83. The molecule has 160 valence electrons. The van der Waals surface area contributed by atoms with Gasteiger partial charge in [0.15, 0.2) is 0 Å². The summed E-state index contributed by atoms with van der Waals surface area (Å²) in [6, 6.07) is 18.3. The van der Waals surface area contributed by atoms with Crippen molar-refractivity contribution in [1.29, 1.82) is 0 Å². The van der Waals surface area contributed by atoms with E-state index in [9.17, 15) is 9.59 Å². The Kier molecular flexibility index (Phi) is 7.48. The van der Waals surface area contributed by atoms with Crippen molar-refractivity contribution < 1.29 is 19.1 Å². The molecular weight excluding hydrogens is 380 g/mol. The highest BCUT2D eigenvalue weighted by Crippen LogP contribution is 2.34. The minimum Gasteiger partial charge on any atom is -0.431 e. The first-order valence-electron chi connectivity index (χ1n) is 10.1. The lowest BCUT2D eigenvalue weighted by molar-refractivity contribution is -0.168. The van der Waals surface area contributed by atoms with E-state index >= 15 is 0 Å². The van der Waals surface area contributed by atoms with Crippen LogP contribution in [0.15, 0.2) is 70.9 Å². The normalized spacial score (nSPS) is 15.6. The van der Waals surface area contributed by atoms with E-state index in [1.54, 1.807) is 41.5 Å². The molecule has 6 heteroatoms. The molecule has 2 atom stereocenters. The SMILES string of the molecule is CC(C)C(=O)OC(C)(N=NC(C)(OC(=O)C(C)C)c1ccccc1)c1ccccc1. The molecule has 2 aromatic carbocycles. The van der Waals surface area contributed by atoms with Gasteiger partial charge in [0.2, 0.25) is 11.4 Å². The Labute approximate surface area is 178 Å². The molecule has 0 aliphatic rings. The first kappa shape index (κ1) is 23.3. The molecule has 0 saturated heterocycles. The van der Waals surface area contributed by atoms with Crippen LogP contribution in [0, 0.1) is 11.8 Å². The third-order valence-electron chi connectivity index (χ3n) is 4.59. The number of hydrogen-bond acceptors (Lipinski definition) is 6. The molecule has 0 heterocycles. The maximum Gasteiger partial charge on any atom is 0.310 e. The van der Waals surface area contributed by atoms with E-state index in [2.05, 4.69) is 10.2 Å². The molecule has 0 aromatic heterocycles. The van der Waals surface area contributed by atoms with Crippen LogP contribution in [-0.2, 0) is 30.5 Å². The Morgan fingerprint density at radius 2 is 0.967 bits per heavy atom. The molecular formula is C24H30N2O4. The lowest BCUT2D eigenvalue weighted by Gasteiger charge is -2.29. The summed E-state index contributed by atoms with van der Waals surface area (Å²) >= 11 is 0. The van der Waals surface area contributed by atoms with Crippen molar-refractivity contribution in [1.82, 2.24) is 0 Å². The fourth-order valence-electron chi connectivity index (χ4n) is 2.59. The summed E-state index contributed by atoms with van der Waals surface area (Å²) in [6.07, 6.45) is 0. The second-order valence-electron chi connectivity index (χ2n) is 8.05. The van der Waals surface area contributed by atoms with Gasteiger partial charge >= 0.3 is 11.9 Å². The van der Waals surface area contributed by atoms with Gasteiger partial charge in [-0.05, 0) is 0 Å². The van der Waals surface area contributed by atoms with Crippen molar-refractivity contribution >= 4 is 11.9 Å². The Hall–Kier alpha value is -3.02. The zero-order chi connectivity index (χ0) is 22.4. The molecule has 0 radical (unpaired) electrons. The second kappa shape index (κ2) is 9.65. The fraction of sp³-hybridized carbons (Fsp3) is 0.417. The summed E-state index contributed by atoms with van der Waals surface area (Å²) in [6.45, 7) is 10.4. The van der Waals surface area contributed by atoms with E-state index in [0.29, 0.717) is 11.1 Å². The van der Waals surface area contributed by atoms with Gasteiger partial charge in [0.1, 0.15) is 0 Å². The predicted molar refractivity (Wildman–Crippen MR) is 114 cm³/mol. The quantitative estimate of drug-likeness (QED) is 0.420. The van der Waals surface area contributed by atoms with Gasteiger partial charge < -0.3 is 9.47 Å². The standard InChI is InChI=1S/C24H30N2O4/c1-17(2)21(27)29-23(5,19-13-9-7-10-14-19)25-26-24(6,30-22(28)18(3)4)20-15-11-8-12-16-20/h7-18H,1-6H3. The molecule has 6 nitrogen and oxygen atoms in total. The molecule has 0 amide bonds. The highest BCUT2D eigenvalue weighted by Gasteiger charge is 2.37. The Bertz CT molecular complexity index is 807. The molecule has 0 N–H and O–H groups in total. The number of carbonyl (C=O) groups excluding carboxylic acids is 2. The molecule has 0 bridgehead atoms. The Morgan fingerprint density at radius 1 is 0.667 bits per heavy atom. The number of nitrogens with zero attached hydrogens (tertiary/aromatic N) is 2. The summed E-state index contributed by atoms with van der Waals surface area (Å²) in [4.78, 5) is 24.8. The van der Waals surface area contributed by atoms with E-state index in [4.69, 9.17) is 9.47 Å². The van der Waals surface area contributed by atoms with Crippen LogP contribution in [-0.4, -0.2) is 11.9 Å². The van der Waals surface area contributed by atoms with Gasteiger partial charge in [-0.25, -0.2) is 0 Å². The average molecular weight is 411 g/mol. The molecule has 30 heavy (non-hydrogen) atoms. The molecule has 2 aromatic rings. The summed E-state index contributed by atoms with van der Waals surface area (Å²) in [7, 11) is 0. The first-order chi connectivity index (χ1) is 14.1. The van der Waals surface area contributed by atoms with Crippen molar-refractivity contribution in [3.05, 3.63) is 71.8 Å². The van der Waals surface area contributed by atoms with Crippen molar-refractivity contribution in [3.8, 4) is 0 Å². The van der Waals surface area contributed by atoms with E-state index < -0.39 is 23.4 Å². The lowest BCUT2D eigenvalue weighted by Crippen LogP contribution is -2.32. The van der Waals surface area contributed by atoms with Crippen LogP contribution in [0.2, 0.25) is 0 Å². The monoisotopic (exact) mass is 410 g/mol. The number of ether oxygens (including phenoxy) is 2. The summed E-state index contributed by atoms with van der Waals surface area (Å²) in [5.74, 6) is -1.47. The zero-order valence-electron chi connectivity index (χ0n) is 18.5. The third-order valence-corrected chi connectivity index (χ3v) is 4.59. The number of esters is 2. The highest BCUT2D eigenvalue weighted by atomic mass is 16.6. The minimum absolute atomic E-state index is 0.331. The highest BCUT2D eigenvalue weighted by molar-refractivity contribution is 5.72. The predicted octanol–water partition coefficient (Wildman–Crippen LogP) is 5.58. The van der Waals surface area contributed by atoms with Crippen molar-refractivity contribution in [2.24, 2.45) is 22.1 Å².